The Morgan fingerprint density at radius 3 is 2.66 bits per heavy atom. The van der Waals surface area contributed by atoms with Gasteiger partial charge in [0.05, 0.1) is 12.0 Å². The average molecular weight is 446 g/mol. The number of anilines is 1. The van der Waals surface area contributed by atoms with Crippen molar-refractivity contribution in [3.63, 3.8) is 0 Å². The number of benzene rings is 1. The minimum atomic E-state index is -0.664. The Hall–Kier alpha value is -2.81. The van der Waals surface area contributed by atoms with Crippen LogP contribution >= 0.6 is 0 Å². The molecule has 2 N–H and O–H groups in total. The summed E-state index contributed by atoms with van der Waals surface area (Å²) in [6, 6.07) is 4.67. The van der Waals surface area contributed by atoms with Crippen molar-refractivity contribution in [3.05, 3.63) is 18.2 Å². The summed E-state index contributed by atoms with van der Waals surface area (Å²) >= 11 is 0. The van der Waals surface area contributed by atoms with Crippen molar-refractivity contribution in [1.29, 1.82) is 0 Å². The molecular formula is C23H31N3O6. The Morgan fingerprint density at radius 1 is 1.16 bits per heavy atom. The van der Waals surface area contributed by atoms with E-state index in [1.807, 2.05) is 13.8 Å². The van der Waals surface area contributed by atoms with Gasteiger partial charge >= 0.3 is 0 Å². The first-order valence-electron chi connectivity index (χ1n) is 11.3. The van der Waals surface area contributed by atoms with Crippen molar-refractivity contribution >= 4 is 23.4 Å². The summed E-state index contributed by atoms with van der Waals surface area (Å²) in [4.78, 5) is 39.9. The third-order valence-electron chi connectivity index (χ3n) is 6.11. The highest BCUT2D eigenvalue weighted by molar-refractivity contribution is 6.01. The van der Waals surface area contributed by atoms with Crippen LogP contribution in [0.1, 0.15) is 33.1 Å². The molecule has 3 atom stereocenters. The minimum absolute atomic E-state index is 0.0365. The third kappa shape index (κ3) is 4.98. The van der Waals surface area contributed by atoms with Gasteiger partial charge in [0.2, 0.25) is 17.7 Å². The summed E-state index contributed by atoms with van der Waals surface area (Å²) < 4.78 is 16.7. The van der Waals surface area contributed by atoms with Gasteiger partial charge in [0.15, 0.2) is 11.5 Å². The van der Waals surface area contributed by atoms with Crippen LogP contribution in [0.25, 0.3) is 0 Å². The molecule has 2 fully saturated rings. The van der Waals surface area contributed by atoms with Gasteiger partial charge in [0.1, 0.15) is 19.3 Å². The second-order valence-corrected chi connectivity index (χ2v) is 8.84. The molecule has 3 amide bonds. The van der Waals surface area contributed by atoms with Gasteiger partial charge in [-0.15, -0.1) is 0 Å². The molecule has 1 aromatic rings. The molecule has 3 aliphatic heterocycles. The fourth-order valence-electron chi connectivity index (χ4n) is 4.27. The first-order chi connectivity index (χ1) is 15.4. The van der Waals surface area contributed by atoms with Gasteiger partial charge in [-0.3, -0.25) is 14.4 Å². The number of hydrogen-bond acceptors (Lipinski definition) is 6. The lowest BCUT2D eigenvalue weighted by Crippen LogP contribution is -2.52. The molecule has 2 saturated heterocycles. The van der Waals surface area contributed by atoms with Crippen molar-refractivity contribution in [2.45, 2.75) is 45.3 Å². The molecule has 1 aromatic carbocycles. The number of amides is 3. The lowest BCUT2D eigenvalue weighted by Gasteiger charge is -2.24. The topological polar surface area (TPSA) is 106 Å². The number of rotatable bonds is 7. The van der Waals surface area contributed by atoms with Crippen LogP contribution < -0.4 is 25.0 Å². The van der Waals surface area contributed by atoms with E-state index in [0.29, 0.717) is 36.9 Å². The normalized spacial score (nSPS) is 23.3. The molecule has 3 heterocycles. The van der Waals surface area contributed by atoms with Crippen LogP contribution in [0.4, 0.5) is 5.69 Å². The van der Waals surface area contributed by atoms with Crippen LogP contribution in [0.2, 0.25) is 0 Å². The molecule has 0 radical (unpaired) electrons. The highest BCUT2D eigenvalue weighted by Crippen LogP contribution is 2.36. The molecule has 4 rings (SSSR count). The van der Waals surface area contributed by atoms with Gasteiger partial charge in [0.25, 0.3) is 0 Å². The molecule has 0 aromatic heterocycles. The quantitative estimate of drug-likeness (QED) is 0.654. The Kier molecular flexibility index (Phi) is 6.83. The van der Waals surface area contributed by atoms with E-state index in [4.69, 9.17) is 14.2 Å². The van der Waals surface area contributed by atoms with Crippen LogP contribution in [0.3, 0.4) is 0 Å². The van der Waals surface area contributed by atoms with Gasteiger partial charge in [-0.25, -0.2) is 0 Å². The smallest absolute Gasteiger partial charge is 0.242 e. The fraction of sp³-hybridized carbons (Fsp3) is 0.609. The zero-order chi connectivity index (χ0) is 22.7. The van der Waals surface area contributed by atoms with Crippen molar-refractivity contribution in [3.8, 4) is 11.5 Å². The van der Waals surface area contributed by atoms with E-state index in [1.165, 1.54) is 0 Å². The molecule has 174 valence electrons. The molecule has 0 spiro atoms. The van der Waals surface area contributed by atoms with Gasteiger partial charge in [-0.1, -0.05) is 13.8 Å². The number of carbonyl (C=O) groups excluding carboxylic acids is 3. The maximum atomic E-state index is 12.9. The fourth-order valence-corrected chi connectivity index (χ4v) is 4.27. The molecule has 0 unspecified atom stereocenters. The van der Waals surface area contributed by atoms with Crippen LogP contribution in [-0.4, -0.2) is 62.8 Å². The first kappa shape index (κ1) is 22.4. The Morgan fingerprint density at radius 2 is 1.94 bits per heavy atom. The maximum absolute atomic E-state index is 12.9. The first-order valence-corrected chi connectivity index (χ1v) is 11.3. The Bertz CT molecular complexity index is 867. The van der Waals surface area contributed by atoms with Crippen molar-refractivity contribution < 1.29 is 28.6 Å². The summed E-state index contributed by atoms with van der Waals surface area (Å²) in [6.45, 7) is 6.15. The number of carbonyl (C=O) groups is 3. The van der Waals surface area contributed by atoms with Crippen LogP contribution in [0.15, 0.2) is 18.2 Å². The van der Waals surface area contributed by atoms with E-state index in [1.54, 1.807) is 23.1 Å². The molecule has 0 aliphatic carbocycles. The number of fused-ring (bicyclic) bond motifs is 1. The number of hydrogen-bond donors (Lipinski definition) is 2. The number of ether oxygens (including phenoxy) is 3. The molecule has 32 heavy (non-hydrogen) atoms. The van der Waals surface area contributed by atoms with Crippen LogP contribution in [0, 0.1) is 11.8 Å². The van der Waals surface area contributed by atoms with E-state index in [0.717, 1.165) is 19.4 Å². The van der Waals surface area contributed by atoms with Gasteiger partial charge in [-0.05, 0) is 30.9 Å². The lowest BCUT2D eigenvalue weighted by molar-refractivity contribution is -0.132. The highest BCUT2D eigenvalue weighted by atomic mass is 16.6. The zero-order valence-corrected chi connectivity index (χ0v) is 18.6. The molecule has 3 aliphatic rings. The number of nitrogens with zero attached hydrogens (tertiary/aromatic N) is 1. The van der Waals surface area contributed by atoms with E-state index < -0.39 is 12.0 Å². The van der Waals surface area contributed by atoms with E-state index in [9.17, 15) is 14.4 Å². The van der Waals surface area contributed by atoms with Crippen molar-refractivity contribution in [1.82, 2.24) is 10.6 Å². The summed E-state index contributed by atoms with van der Waals surface area (Å²) in [5.74, 6) is -0.0173. The SMILES string of the molecule is CC(C)[C@H](NC(=O)[C@H]1CC(=O)N(c2ccc3c(c2)OCCO3)C1)C(=O)NC[C@H]1CCCO1. The van der Waals surface area contributed by atoms with Gasteiger partial charge in [0, 0.05) is 37.9 Å². The zero-order valence-electron chi connectivity index (χ0n) is 18.6. The highest BCUT2D eigenvalue weighted by Gasteiger charge is 2.37. The van der Waals surface area contributed by atoms with E-state index in [-0.39, 0.29) is 42.7 Å². The van der Waals surface area contributed by atoms with Crippen molar-refractivity contribution in [2.24, 2.45) is 11.8 Å². The molecule has 9 nitrogen and oxygen atoms in total. The second kappa shape index (κ2) is 9.77. The van der Waals surface area contributed by atoms with Crippen LogP contribution in [-0.2, 0) is 19.1 Å². The summed E-state index contributed by atoms with van der Waals surface area (Å²) in [5, 5.41) is 5.75. The predicted molar refractivity (Wildman–Crippen MR) is 117 cm³/mol. The Labute approximate surface area is 187 Å². The van der Waals surface area contributed by atoms with Gasteiger partial charge < -0.3 is 29.7 Å². The van der Waals surface area contributed by atoms with E-state index in [2.05, 4.69) is 10.6 Å². The lowest BCUT2D eigenvalue weighted by atomic mass is 10.0. The third-order valence-corrected chi connectivity index (χ3v) is 6.11. The summed E-state index contributed by atoms with van der Waals surface area (Å²) in [7, 11) is 0. The minimum Gasteiger partial charge on any atom is -0.486 e. The van der Waals surface area contributed by atoms with Crippen LogP contribution in [0.5, 0.6) is 11.5 Å². The van der Waals surface area contributed by atoms with Gasteiger partial charge in [-0.2, -0.15) is 0 Å². The predicted octanol–water partition coefficient (Wildman–Crippen LogP) is 1.25. The summed E-state index contributed by atoms with van der Waals surface area (Å²) in [6.07, 6.45) is 2.07. The molecule has 0 bridgehead atoms. The number of nitrogens with one attached hydrogen (secondary N) is 2. The van der Waals surface area contributed by atoms with E-state index >= 15 is 0 Å². The molecule has 0 saturated carbocycles. The Balaban J connectivity index is 1.36. The molecular weight excluding hydrogens is 414 g/mol. The standard InChI is InChI=1S/C23H31N3O6/c1-14(2)21(23(29)24-12-17-4-3-7-30-17)25-22(28)15-10-20(27)26(13-15)16-5-6-18-19(11-16)32-9-8-31-18/h5-6,11,14-15,17,21H,3-4,7-10,12-13H2,1-2H3,(H,24,29)(H,25,28)/t15-,17+,21-/m0/s1. The second-order valence-electron chi connectivity index (χ2n) is 8.84. The largest absolute Gasteiger partial charge is 0.486 e. The maximum Gasteiger partial charge on any atom is 0.242 e. The average Bonchev–Trinajstić information content (AvgIpc) is 3.45. The van der Waals surface area contributed by atoms with Crippen molar-refractivity contribution in [2.75, 3.05) is 37.8 Å². The summed E-state index contributed by atoms with van der Waals surface area (Å²) in [5.41, 5.74) is 0.671. The monoisotopic (exact) mass is 445 g/mol. The molecule has 9 heteroatoms.